The molecular weight excluding hydrogens is 384 g/mol. The van der Waals surface area contributed by atoms with Gasteiger partial charge in [-0.25, -0.2) is 4.79 Å². The summed E-state index contributed by atoms with van der Waals surface area (Å²) in [5.74, 6) is -0.0477. The lowest BCUT2D eigenvalue weighted by atomic mass is 9.67. The molecule has 0 aromatic heterocycles. The van der Waals surface area contributed by atoms with Gasteiger partial charge in [0.25, 0.3) is 0 Å². The fourth-order valence-corrected chi connectivity index (χ4v) is 5.01. The van der Waals surface area contributed by atoms with Crippen molar-refractivity contribution in [2.45, 2.75) is 76.9 Å². The van der Waals surface area contributed by atoms with Crippen LogP contribution in [0.1, 0.15) is 76.8 Å². The van der Waals surface area contributed by atoms with Gasteiger partial charge in [0, 0.05) is 23.0 Å². The Morgan fingerprint density at radius 1 is 1.30 bits per heavy atom. The van der Waals surface area contributed by atoms with Crippen LogP contribution >= 0.6 is 0 Å². The van der Waals surface area contributed by atoms with Crippen LogP contribution in [0.3, 0.4) is 0 Å². The summed E-state index contributed by atoms with van der Waals surface area (Å²) >= 11 is 0. The number of unbranched alkanes of at least 4 members (excludes halogenated alkanes) is 1. The number of benzene rings is 1. The first-order valence-corrected chi connectivity index (χ1v) is 10.8. The standard InChI is InChI=1S/C24H30O6/c1-5-6-9-28-22(27)24(13-20(26)30-24)15-11-18(25)21-16-10-14(2)7-8-17(16)23(3,4)29-19(21)12-15/h7,11-12,16-17,25H,5-6,8-10,13H2,1-4H3/t16-,17-,24?/m1/s1. The number of allylic oxidation sites excluding steroid dienone is 2. The summed E-state index contributed by atoms with van der Waals surface area (Å²) in [7, 11) is 0. The van der Waals surface area contributed by atoms with E-state index in [1.165, 1.54) is 5.57 Å². The molecular formula is C24H30O6. The van der Waals surface area contributed by atoms with Crippen molar-refractivity contribution in [3.8, 4) is 11.5 Å². The number of rotatable bonds is 5. The monoisotopic (exact) mass is 414 g/mol. The van der Waals surface area contributed by atoms with E-state index in [1.807, 2.05) is 6.92 Å². The predicted molar refractivity (Wildman–Crippen MR) is 110 cm³/mol. The average molecular weight is 414 g/mol. The zero-order valence-electron chi connectivity index (χ0n) is 18.1. The van der Waals surface area contributed by atoms with E-state index in [-0.39, 0.29) is 30.6 Å². The number of ether oxygens (including phenoxy) is 3. The molecule has 30 heavy (non-hydrogen) atoms. The summed E-state index contributed by atoms with van der Waals surface area (Å²) in [6.07, 6.45) is 5.52. The fraction of sp³-hybridized carbons (Fsp3) is 0.583. The lowest BCUT2D eigenvalue weighted by Crippen LogP contribution is -2.52. The number of fused-ring (bicyclic) bond motifs is 3. The third kappa shape index (κ3) is 3.26. The minimum absolute atomic E-state index is 0.0754. The number of phenolic OH excluding ortho intramolecular Hbond substituents is 1. The van der Waals surface area contributed by atoms with Crippen molar-refractivity contribution < 1.29 is 28.9 Å². The molecule has 162 valence electrons. The second-order valence-corrected chi connectivity index (χ2v) is 9.28. The van der Waals surface area contributed by atoms with E-state index in [0.717, 1.165) is 31.2 Å². The van der Waals surface area contributed by atoms with Crippen molar-refractivity contribution in [1.29, 1.82) is 0 Å². The molecule has 2 heterocycles. The zero-order valence-corrected chi connectivity index (χ0v) is 18.1. The minimum atomic E-state index is -1.51. The molecule has 0 spiro atoms. The molecule has 1 N–H and O–H groups in total. The second-order valence-electron chi connectivity index (χ2n) is 9.28. The highest BCUT2D eigenvalue weighted by molar-refractivity contribution is 5.94. The van der Waals surface area contributed by atoms with Crippen molar-refractivity contribution in [3.05, 3.63) is 34.9 Å². The highest BCUT2D eigenvalue weighted by Gasteiger charge is 2.57. The Bertz CT molecular complexity index is 905. The Kier molecular flexibility index (Phi) is 5.07. The van der Waals surface area contributed by atoms with Crippen molar-refractivity contribution >= 4 is 11.9 Å². The van der Waals surface area contributed by atoms with Crippen molar-refractivity contribution in [2.24, 2.45) is 5.92 Å². The molecule has 4 rings (SSSR count). The summed E-state index contributed by atoms with van der Waals surface area (Å²) in [5, 5.41) is 11.0. The quantitative estimate of drug-likeness (QED) is 0.434. The van der Waals surface area contributed by atoms with Crippen molar-refractivity contribution in [3.63, 3.8) is 0 Å². The van der Waals surface area contributed by atoms with Gasteiger partial charge in [0.15, 0.2) is 0 Å². The molecule has 2 aliphatic heterocycles. The van der Waals surface area contributed by atoms with E-state index in [9.17, 15) is 14.7 Å². The molecule has 1 aliphatic carbocycles. The van der Waals surface area contributed by atoms with Crippen molar-refractivity contribution in [1.82, 2.24) is 0 Å². The molecule has 3 aliphatic rings. The summed E-state index contributed by atoms with van der Waals surface area (Å²) in [6.45, 7) is 8.50. The van der Waals surface area contributed by atoms with E-state index in [2.05, 4.69) is 26.8 Å². The molecule has 6 heteroatoms. The molecule has 6 nitrogen and oxygen atoms in total. The Morgan fingerprint density at radius 3 is 2.70 bits per heavy atom. The van der Waals surface area contributed by atoms with E-state index >= 15 is 0 Å². The highest BCUT2D eigenvalue weighted by atomic mass is 16.6. The lowest BCUT2D eigenvalue weighted by Gasteiger charge is -2.47. The number of hydrogen-bond acceptors (Lipinski definition) is 6. The van der Waals surface area contributed by atoms with Crippen LogP contribution in [0, 0.1) is 5.92 Å². The van der Waals surface area contributed by atoms with Crippen LogP contribution in [0.15, 0.2) is 23.8 Å². The topological polar surface area (TPSA) is 82.1 Å². The molecule has 1 unspecified atom stereocenters. The van der Waals surface area contributed by atoms with E-state index in [0.29, 0.717) is 11.3 Å². The molecule has 0 bridgehead atoms. The van der Waals surface area contributed by atoms with Crippen LogP contribution in [0.5, 0.6) is 11.5 Å². The summed E-state index contributed by atoms with van der Waals surface area (Å²) in [5.41, 5.74) is 0.537. The molecule has 0 radical (unpaired) electrons. The van der Waals surface area contributed by atoms with Crippen LogP contribution < -0.4 is 4.74 Å². The van der Waals surface area contributed by atoms with Gasteiger partial charge < -0.3 is 19.3 Å². The molecule has 1 fully saturated rings. The van der Waals surface area contributed by atoms with Gasteiger partial charge in [0.05, 0.1) is 6.61 Å². The molecule has 1 aromatic rings. The zero-order chi connectivity index (χ0) is 21.7. The Hall–Kier alpha value is -2.50. The number of cyclic esters (lactones) is 1. The first-order valence-electron chi connectivity index (χ1n) is 10.8. The smallest absolute Gasteiger partial charge is 0.356 e. The van der Waals surface area contributed by atoms with Gasteiger partial charge in [-0.3, -0.25) is 4.79 Å². The van der Waals surface area contributed by atoms with Gasteiger partial charge in [-0.1, -0.05) is 25.0 Å². The Labute approximate surface area is 177 Å². The molecule has 1 aromatic carbocycles. The predicted octanol–water partition coefficient (Wildman–Crippen LogP) is 4.49. The number of aromatic hydroxyl groups is 1. The number of esters is 2. The molecule has 0 amide bonds. The van der Waals surface area contributed by atoms with Crippen LogP contribution in [0.2, 0.25) is 0 Å². The lowest BCUT2D eigenvalue weighted by molar-refractivity contribution is -0.210. The fourth-order valence-electron chi connectivity index (χ4n) is 5.01. The minimum Gasteiger partial charge on any atom is -0.508 e. The first-order chi connectivity index (χ1) is 14.2. The molecule has 1 saturated heterocycles. The van der Waals surface area contributed by atoms with Crippen LogP contribution in [-0.4, -0.2) is 29.3 Å². The number of carbonyl (C=O) groups excluding carboxylic acids is 2. The maximum Gasteiger partial charge on any atom is 0.356 e. The maximum atomic E-state index is 12.8. The largest absolute Gasteiger partial charge is 0.508 e. The molecule has 3 atom stereocenters. The summed E-state index contributed by atoms with van der Waals surface area (Å²) in [6, 6.07) is 3.28. The number of hydrogen-bond donors (Lipinski definition) is 1. The number of carbonyl (C=O) groups is 2. The SMILES string of the molecule is CCCCOC(=O)C1(c2cc(O)c3c(c2)OC(C)(C)[C@@H]2CC=C(C)C[C@@H]32)CC(=O)O1. The second kappa shape index (κ2) is 7.33. The van der Waals surface area contributed by atoms with Crippen LogP contribution in [0.25, 0.3) is 0 Å². The normalized spacial score (nSPS) is 28.8. The Morgan fingerprint density at radius 2 is 2.03 bits per heavy atom. The first kappa shape index (κ1) is 20.8. The van der Waals surface area contributed by atoms with Crippen molar-refractivity contribution in [2.75, 3.05) is 6.61 Å². The summed E-state index contributed by atoms with van der Waals surface area (Å²) < 4.78 is 17.0. The van der Waals surface area contributed by atoms with E-state index in [4.69, 9.17) is 14.2 Å². The molecule has 0 saturated carbocycles. The van der Waals surface area contributed by atoms with Gasteiger partial charge >= 0.3 is 11.9 Å². The van der Waals surface area contributed by atoms with Crippen LogP contribution in [0.4, 0.5) is 0 Å². The summed E-state index contributed by atoms with van der Waals surface area (Å²) in [4.78, 5) is 24.5. The maximum absolute atomic E-state index is 12.8. The van der Waals surface area contributed by atoms with Gasteiger partial charge in [0.2, 0.25) is 5.60 Å². The average Bonchev–Trinajstić information content (AvgIpc) is 2.64. The van der Waals surface area contributed by atoms with E-state index < -0.39 is 23.1 Å². The number of phenols is 1. The van der Waals surface area contributed by atoms with Gasteiger partial charge in [0.1, 0.15) is 23.5 Å². The van der Waals surface area contributed by atoms with Gasteiger partial charge in [-0.15, -0.1) is 0 Å². The highest BCUT2D eigenvalue weighted by Crippen LogP contribution is 2.55. The third-order valence-electron chi connectivity index (χ3n) is 6.71. The third-order valence-corrected chi connectivity index (χ3v) is 6.71. The van der Waals surface area contributed by atoms with Gasteiger partial charge in [-0.2, -0.15) is 0 Å². The Balaban J connectivity index is 1.74. The van der Waals surface area contributed by atoms with Gasteiger partial charge in [-0.05, 0) is 52.2 Å². The van der Waals surface area contributed by atoms with E-state index in [1.54, 1.807) is 12.1 Å². The van der Waals surface area contributed by atoms with Crippen LogP contribution in [-0.2, 0) is 24.7 Å².